The van der Waals surface area contributed by atoms with Crippen molar-refractivity contribution in [2.24, 2.45) is 0 Å². The predicted molar refractivity (Wildman–Crippen MR) is 131 cm³/mol. The van der Waals surface area contributed by atoms with Crippen molar-refractivity contribution in [2.75, 3.05) is 49.5 Å². The number of fused-ring (bicyclic) bond motifs is 1. The SMILES string of the molecule is Fc1ccccc1N1CCN(CCNc2ncnc3scc(-c4ccc(Cl)cc4)c23)CC1. The van der Waals surface area contributed by atoms with Gasteiger partial charge in [-0.1, -0.05) is 35.9 Å². The summed E-state index contributed by atoms with van der Waals surface area (Å²) in [5.74, 6) is 0.703. The summed E-state index contributed by atoms with van der Waals surface area (Å²) in [6.45, 7) is 5.14. The van der Waals surface area contributed by atoms with E-state index in [1.165, 1.54) is 6.07 Å². The second-order valence-corrected chi connectivity index (χ2v) is 9.06. The molecule has 32 heavy (non-hydrogen) atoms. The third kappa shape index (κ3) is 4.41. The highest BCUT2D eigenvalue weighted by atomic mass is 35.5. The van der Waals surface area contributed by atoms with E-state index in [1.807, 2.05) is 36.4 Å². The summed E-state index contributed by atoms with van der Waals surface area (Å²) in [5.41, 5.74) is 2.91. The van der Waals surface area contributed by atoms with Gasteiger partial charge in [-0.05, 0) is 29.8 Å². The van der Waals surface area contributed by atoms with Crippen molar-refractivity contribution < 1.29 is 4.39 Å². The van der Waals surface area contributed by atoms with E-state index in [0.29, 0.717) is 5.69 Å². The molecule has 1 fully saturated rings. The number of hydrogen-bond donors (Lipinski definition) is 1. The van der Waals surface area contributed by atoms with Crippen LogP contribution in [0.25, 0.3) is 21.3 Å². The number of nitrogens with one attached hydrogen (secondary N) is 1. The molecule has 4 aromatic rings. The number of piperazine rings is 1. The Balaban J connectivity index is 1.22. The molecule has 8 heteroatoms. The van der Waals surface area contributed by atoms with Gasteiger partial charge in [-0.15, -0.1) is 11.3 Å². The first-order valence-corrected chi connectivity index (χ1v) is 11.9. The minimum atomic E-state index is -0.150. The van der Waals surface area contributed by atoms with Crippen molar-refractivity contribution in [3.63, 3.8) is 0 Å². The lowest BCUT2D eigenvalue weighted by atomic mass is 10.1. The fourth-order valence-electron chi connectivity index (χ4n) is 4.10. The van der Waals surface area contributed by atoms with Crippen LogP contribution in [0.5, 0.6) is 0 Å². The highest BCUT2D eigenvalue weighted by molar-refractivity contribution is 7.17. The molecule has 0 amide bonds. The number of benzene rings is 2. The molecule has 5 nitrogen and oxygen atoms in total. The molecule has 0 bridgehead atoms. The normalized spacial score (nSPS) is 14.8. The summed E-state index contributed by atoms with van der Waals surface area (Å²) in [7, 11) is 0. The Bertz CT molecular complexity index is 1200. The van der Waals surface area contributed by atoms with Crippen molar-refractivity contribution in [3.05, 3.63) is 71.1 Å². The number of aromatic nitrogens is 2. The van der Waals surface area contributed by atoms with Crippen LogP contribution in [0.1, 0.15) is 0 Å². The number of anilines is 2. The second-order valence-electron chi connectivity index (χ2n) is 7.77. The quantitative estimate of drug-likeness (QED) is 0.412. The smallest absolute Gasteiger partial charge is 0.146 e. The lowest BCUT2D eigenvalue weighted by Crippen LogP contribution is -2.47. The topological polar surface area (TPSA) is 44.3 Å². The standard InChI is InChI=1S/C24H23ClFN5S/c25-18-7-5-17(6-8-18)19-15-32-24-22(19)23(28-16-29-24)27-9-10-30-11-13-31(14-12-30)21-4-2-1-3-20(21)26/h1-8,15-16H,9-14H2,(H,27,28,29). The van der Waals surface area contributed by atoms with E-state index >= 15 is 0 Å². The first-order chi connectivity index (χ1) is 15.7. The minimum Gasteiger partial charge on any atom is -0.368 e. The number of halogens is 2. The molecular weight excluding hydrogens is 445 g/mol. The fraction of sp³-hybridized carbons (Fsp3) is 0.250. The maximum Gasteiger partial charge on any atom is 0.146 e. The number of nitrogens with zero attached hydrogens (tertiary/aromatic N) is 4. The van der Waals surface area contributed by atoms with Crippen LogP contribution >= 0.6 is 22.9 Å². The van der Waals surface area contributed by atoms with Gasteiger partial charge in [0, 0.05) is 55.2 Å². The van der Waals surface area contributed by atoms with Gasteiger partial charge >= 0.3 is 0 Å². The zero-order valence-electron chi connectivity index (χ0n) is 17.5. The molecule has 0 radical (unpaired) electrons. The fourth-order valence-corrected chi connectivity index (χ4v) is 5.15. The Morgan fingerprint density at radius 3 is 2.56 bits per heavy atom. The van der Waals surface area contributed by atoms with Gasteiger partial charge in [-0.2, -0.15) is 0 Å². The molecule has 164 valence electrons. The first kappa shape index (κ1) is 21.1. The van der Waals surface area contributed by atoms with Gasteiger partial charge < -0.3 is 10.2 Å². The Morgan fingerprint density at radius 1 is 1.00 bits per heavy atom. The average Bonchev–Trinajstić information content (AvgIpc) is 3.26. The summed E-state index contributed by atoms with van der Waals surface area (Å²) in [6, 6.07) is 14.8. The molecular formula is C24H23ClFN5S. The number of hydrogen-bond acceptors (Lipinski definition) is 6. The molecule has 1 saturated heterocycles. The molecule has 2 aromatic carbocycles. The highest BCUT2D eigenvalue weighted by Crippen LogP contribution is 2.36. The third-order valence-electron chi connectivity index (χ3n) is 5.81. The van der Waals surface area contributed by atoms with E-state index in [4.69, 9.17) is 11.6 Å². The molecule has 0 saturated carbocycles. The zero-order chi connectivity index (χ0) is 21.9. The van der Waals surface area contributed by atoms with Gasteiger partial charge in [-0.3, -0.25) is 4.90 Å². The Labute approximate surface area is 195 Å². The second kappa shape index (κ2) is 9.40. The summed E-state index contributed by atoms with van der Waals surface area (Å²) >= 11 is 7.67. The summed E-state index contributed by atoms with van der Waals surface area (Å²) in [5, 5.41) is 7.40. The van der Waals surface area contributed by atoms with Gasteiger partial charge in [0.15, 0.2) is 0 Å². The van der Waals surface area contributed by atoms with Crippen LogP contribution in [0, 0.1) is 5.82 Å². The van der Waals surface area contributed by atoms with E-state index in [-0.39, 0.29) is 5.82 Å². The predicted octanol–water partition coefficient (Wildman–Crippen LogP) is 5.38. The highest BCUT2D eigenvalue weighted by Gasteiger charge is 2.19. The molecule has 1 aliphatic heterocycles. The van der Waals surface area contributed by atoms with Crippen LogP contribution < -0.4 is 10.2 Å². The maximum absolute atomic E-state index is 14.1. The summed E-state index contributed by atoms with van der Waals surface area (Å²) in [4.78, 5) is 14.4. The van der Waals surface area contributed by atoms with E-state index in [9.17, 15) is 4.39 Å². The third-order valence-corrected chi connectivity index (χ3v) is 6.95. The van der Waals surface area contributed by atoms with Crippen molar-refractivity contribution in [3.8, 4) is 11.1 Å². The van der Waals surface area contributed by atoms with Crippen molar-refractivity contribution in [1.29, 1.82) is 0 Å². The molecule has 0 atom stereocenters. The van der Waals surface area contributed by atoms with E-state index in [1.54, 1.807) is 23.7 Å². The number of thiophene rings is 1. The average molecular weight is 468 g/mol. The number of rotatable bonds is 6. The molecule has 1 N–H and O–H groups in total. The summed E-state index contributed by atoms with van der Waals surface area (Å²) in [6.07, 6.45) is 1.61. The molecule has 0 spiro atoms. The van der Waals surface area contributed by atoms with Gasteiger partial charge in [0.25, 0.3) is 0 Å². The van der Waals surface area contributed by atoms with Gasteiger partial charge in [0.2, 0.25) is 0 Å². The largest absolute Gasteiger partial charge is 0.368 e. The van der Waals surface area contributed by atoms with Crippen LogP contribution in [0.2, 0.25) is 5.02 Å². The molecule has 2 aromatic heterocycles. The molecule has 0 aliphatic carbocycles. The zero-order valence-corrected chi connectivity index (χ0v) is 19.0. The van der Waals surface area contributed by atoms with E-state index in [0.717, 1.165) is 71.5 Å². The lowest BCUT2D eigenvalue weighted by Gasteiger charge is -2.36. The van der Waals surface area contributed by atoms with Crippen LogP contribution in [0.4, 0.5) is 15.9 Å². The Morgan fingerprint density at radius 2 is 1.78 bits per heavy atom. The van der Waals surface area contributed by atoms with E-state index < -0.39 is 0 Å². The van der Waals surface area contributed by atoms with Gasteiger partial charge in [-0.25, -0.2) is 14.4 Å². The van der Waals surface area contributed by atoms with Crippen LogP contribution in [-0.2, 0) is 0 Å². The van der Waals surface area contributed by atoms with Gasteiger partial charge in [0.05, 0.1) is 11.1 Å². The minimum absolute atomic E-state index is 0.150. The maximum atomic E-state index is 14.1. The first-order valence-electron chi connectivity index (χ1n) is 10.6. The molecule has 0 unspecified atom stereocenters. The molecule has 1 aliphatic rings. The van der Waals surface area contributed by atoms with Crippen LogP contribution in [0.15, 0.2) is 60.2 Å². The van der Waals surface area contributed by atoms with Crippen LogP contribution in [0.3, 0.4) is 0 Å². The van der Waals surface area contributed by atoms with Crippen molar-refractivity contribution in [1.82, 2.24) is 14.9 Å². The lowest BCUT2D eigenvalue weighted by molar-refractivity contribution is 0.266. The number of para-hydroxylation sites is 1. The Hall–Kier alpha value is -2.74. The molecule has 5 rings (SSSR count). The van der Waals surface area contributed by atoms with Crippen LogP contribution in [-0.4, -0.2) is 54.1 Å². The van der Waals surface area contributed by atoms with Crippen molar-refractivity contribution in [2.45, 2.75) is 0 Å². The summed E-state index contributed by atoms with van der Waals surface area (Å²) < 4.78 is 14.1. The Kier molecular flexibility index (Phi) is 6.21. The monoisotopic (exact) mass is 467 g/mol. The van der Waals surface area contributed by atoms with E-state index in [2.05, 4.69) is 30.5 Å². The molecule has 3 heterocycles. The van der Waals surface area contributed by atoms with Crippen molar-refractivity contribution >= 4 is 44.7 Å². The van der Waals surface area contributed by atoms with Gasteiger partial charge in [0.1, 0.15) is 22.8 Å².